The maximum atomic E-state index is 11.8. The Balaban J connectivity index is 2.99. The van der Waals surface area contributed by atoms with Gasteiger partial charge in [0, 0.05) is 0 Å². The van der Waals surface area contributed by atoms with Crippen LogP contribution < -0.4 is 0 Å². The van der Waals surface area contributed by atoms with Crippen molar-refractivity contribution in [2.75, 3.05) is 0 Å². The summed E-state index contributed by atoms with van der Waals surface area (Å²) in [6.45, 7) is 13.0. The summed E-state index contributed by atoms with van der Waals surface area (Å²) in [5.74, 6) is 0. The molecule has 0 aromatic rings. The van der Waals surface area contributed by atoms with Crippen LogP contribution in [0.4, 0.5) is 0 Å². The molecule has 0 bridgehead atoms. The van der Waals surface area contributed by atoms with Crippen molar-refractivity contribution >= 4 is 26.0 Å². The molecule has 0 unspecified atom stereocenters. The van der Waals surface area contributed by atoms with Gasteiger partial charge >= 0.3 is 0 Å². The van der Waals surface area contributed by atoms with Crippen molar-refractivity contribution in [3.63, 3.8) is 0 Å². The molecule has 78 valence electrons. The molecular weight excluding hydrogens is 216 g/mol. The zero-order valence-corrected chi connectivity index (χ0v) is 12.2. The van der Waals surface area contributed by atoms with E-state index in [-0.39, 0.29) is 9.75 Å². The topological polar surface area (TPSA) is 34.1 Å². The van der Waals surface area contributed by atoms with Crippen molar-refractivity contribution in [3.8, 4) is 0 Å². The number of hydrogen-bond donors (Lipinski definition) is 0. The van der Waals surface area contributed by atoms with Gasteiger partial charge in [0.2, 0.25) is 0 Å². The van der Waals surface area contributed by atoms with E-state index in [1.807, 2.05) is 0 Å². The van der Waals surface area contributed by atoms with Gasteiger partial charge in [0.1, 0.15) is 0 Å². The molecule has 2 atom stereocenters. The third kappa shape index (κ3) is 1.92. The molecule has 1 rings (SSSR count). The second-order valence-corrected chi connectivity index (χ2v) is 19.9. The Hall–Kier alpha value is 0.384. The van der Waals surface area contributed by atoms with Crippen molar-refractivity contribution in [1.82, 2.24) is 0 Å². The Morgan fingerprint density at radius 1 is 0.769 bits per heavy atom. The van der Waals surface area contributed by atoms with Crippen LogP contribution >= 0.6 is 0 Å². The van der Waals surface area contributed by atoms with Gasteiger partial charge in [-0.1, -0.05) is 39.3 Å². The number of sulfone groups is 1. The molecule has 0 amide bonds. The molecule has 1 aliphatic rings. The lowest BCUT2D eigenvalue weighted by atomic mass is 10.9. The molecule has 0 radical (unpaired) electrons. The molecule has 2 nitrogen and oxygen atoms in total. The van der Waals surface area contributed by atoms with Gasteiger partial charge in [0.15, 0.2) is 9.84 Å². The lowest BCUT2D eigenvalue weighted by Crippen LogP contribution is -2.38. The monoisotopic (exact) mass is 236 g/mol. The fourth-order valence-corrected chi connectivity index (χ4v) is 20.1. The maximum absolute atomic E-state index is 11.8. The molecule has 0 spiro atoms. The fourth-order valence-electron chi connectivity index (χ4n) is 2.16. The van der Waals surface area contributed by atoms with Crippen molar-refractivity contribution < 1.29 is 8.42 Å². The average molecular weight is 236 g/mol. The molecule has 1 saturated heterocycles. The van der Waals surface area contributed by atoms with Crippen molar-refractivity contribution in [2.45, 2.75) is 49.0 Å². The first-order valence-corrected chi connectivity index (χ1v) is 13.5. The summed E-state index contributed by atoms with van der Waals surface area (Å²) >= 11 is 0. The minimum Gasteiger partial charge on any atom is -0.229 e. The molecule has 0 aliphatic carbocycles. The Bertz CT molecular complexity index is 282. The standard InChI is InChI=1S/C8H20O2SSi2/c1-12(2,3)7-8(11(7,9)10)13(4,5)6/h7-8H,1-6H3/t7-,8+. The van der Waals surface area contributed by atoms with Crippen LogP contribution in [0.3, 0.4) is 0 Å². The predicted molar refractivity (Wildman–Crippen MR) is 63.2 cm³/mol. The van der Waals surface area contributed by atoms with Crippen LogP contribution in [0.15, 0.2) is 0 Å². The lowest BCUT2D eigenvalue weighted by molar-refractivity contribution is 0.613. The average Bonchev–Trinajstić information content (AvgIpc) is 2.29. The van der Waals surface area contributed by atoms with Gasteiger partial charge < -0.3 is 0 Å². The second kappa shape index (κ2) is 2.70. The SMILES string of the molecule is C[Si](C)(C)[C@H]1[C@@H]([Si](C)(C)C)S1(=O)=O. The van der Waals surface area contributed by atoms with Gasteiger partial charge in [-0.25, -0.2) is 8.42 Å². The van der Waals surface area contributed by atoms with E-state index in [1.54, 1.807) is 0 Å². The second-order valence-electron chi connectivity index (χ2n) is 6.16. The predicted octanol–water partition coefficient (Wildman–Crippen LogP) is 1.91. The molecule has 1 fully saturated rings. The van der Waals surface area contributed by atoms with Crippen LogP contribution in [0, 0.1) is 0 Å². The summed E-state index contributed by atoms with van der Waals surface area (Å²) in [5.41, 5.74) is 0. The molecule has 0 saturated carbocycles. The molecule has 1 heterocycles. The molecule has 0 aromatic heterocycles. The van der Waals surface area contributed by atoms with Gasteiger partial charge in [-0.05, 0) is 0 Å². The van der Waals surface area contributed by atoms with Gasteiger partial charge in [-0.3, -0.25) is 0 Å². The maximum Gasteiger partial charge on any atom is 0.152 e. The Kier molecular flexibility index (Phi) is 2.38. The molecule has 5 heteroatoms. The van der Waals surface area contributed by atoms with Crippen LogP contribution in [0.1, 0.15) is 0 Å². The Morgan fingerprint density at radius 2 is 1.00 bits per heavy atom. The largest absolute Gasteiger partial charge is 0.229 e. The highest BCUT2D eigenvalue weighted by molar-refractivity contribution is 8.04. The lowest BCUT2D eigenvalue weighted by Gasteiger charge is -2.17. The number of rotatable bonds is 2. The van der Waals surface area contributed by atoms with Crippen LogP contribution in [-0.4, -0.2) is 34.3 Å². The highest BCUT2D eigenvalue weighted by atomic mass is 32.2. The van der Waals surface area contributed by atoms with Crippen LogP contribution in [0.25, 0.3) is 0 Å². The summed E-state index contributed by atoms with van der Waals surface area (Å²) < 4.78 is 23.5. The summed E-state index contributed by atoms with van der Waals surface area (Å²) in [6, 6.07) is 0. The van der Waals surface area contributed by atoms with E-state index in [9.17, 15) is 8.42 Å². The normalized spacial score (nSPS) is 33.1. The molecule has 1 aliphatic heterocycles. The van der Waals surface area contributed by atoms with Crippen LogP contribution in [-0.2, 0) is 9.84 Å². The summed E-state index contributed by atoms with van der Waals surface area (Å²) in [7, 11) is -5.66. The molecular formula is C8H20O2SSi2. The van der Waals surface area contributed by atoms with E-state index in [1.165, 1.54) is 0 Å². The first-order chi connectivity index (χ1) is 5.49. The third-order valence-corrected chi connectivity index (χ3v) is 15.4. The first-order valence-electron chi connectivity index (χ1n) is 4.72. The van der Waals surface area contributed by atoms with Crippen molar-refractivity contribution in [2.24, 2.45) is 0 Å². The summed E-state index contributed by atoms with van der Waals surface area (Å²) in [4.78, 5) is 0.123. The minimum absolute atomic E-state index is 0.0617. The van der Waals surface area contributed by atoms with Crippen LogP contribution in [0.2, 0.25) is 39.3 Å². The quantitative estimate of drug-likeness (QED) is 0.542. The Morgan fingerprint density at radius 3 is 1.08 bits per heavy atom. The van der Waals surface area contributed by atoms with Gasteiger partial charge in [-0.15, -0.1) is 0 Å². The van der Waals surface area contributed by atoms with Crippen LogP contribution in [0.5, 0.6) is 0 Å². The fraction of sp³-hybridized carbons (Fsp3) is 1.00. The van der Waals surface area contributed by atoms with E-state index in [2.05, 4.69) is 39.3 Å². The smallest absolute Gasteiger partial charge is 0.152 e. The van der Waals surface area contributed by atoms with Crippen molar-refractivity contribution in [1.29, 1.82) is 0 Å². The van der Waals surface area contributed by atoms with E-state index >= 15 is 0 Å². The summed E-state index contributed by atoms with van der Waals surface area (Å²) in [6.07, 6.45) is 0. The van der Waals surface area contributed by atoms with Crippen molar-refractivity contribution in [3.05, 3.63) is 0 Å². The highest BCUT2D eigenvalue weighted by Gasteiger charge is 2.67. The van der Waals surface area contributed by atoms with E-state index in [4.69, 9.17) is 0 Å². The van der Waals surface area contributed by atoms with Gasteiger partial charge in [0.05, 0.1) is 25.9 Å². The first kappa shape index (κ1) is 11.5. The number of hydrogen-bond acceptors (Lipinski definition) is 2. The van der Waals surface area contributed by atoms with E-state index in [0.29, 0.717) is 0 Å². The van der Waals surface area contributed by atoms with Gasteiger partial charge in [0.25, 0.3) is 0 Å². The molecule has 13 heavy (non-hydrogen) atoms. The third-order valence-electron chi connectivity index (χ3n) is 2.61. The van der Waals surface area contributed by atoms with E-state index in [0.717, 1.165) is 0 Å². The Labute approximate surface area is 83.7 Å². The van der Waals surface area contributed by atoms with Gasteiger partial charge in [-0.2, -0.15) is 0 Å². The summed E-state index contributed by atoms with van der Waals surface area (Å²) in [5, 5.41) is 0. The molecule has 0 aromatic carbocycles. The zero-order valence-electron chi connectivity index (χ0n) is 9.38. The molecule has 0 N–H and O–H groups in total. The minimum atomic E-state index is -2.69. The van der Waals surface area contributed by atoms with E-state index < -0.39 is 26.0 Å². The zero-order chi connectivity index (χ0) is 10.7. The highest BCUT2D eigenvalue weighted by Crippen LogP contribution is 2.44.